The van der Waals surface area contributed by atoms with Gasteiger partial charge in [0.15, 0.2) is 11.4 Å². The van der Waals surface area contributed by atoms with Crippen LogP contribution in [0.2, 0.25) is 0 Å². The molecule has 0 aliphatic carbocycles. The standard InChI is InChI=1S/C13H16FNO/c1-8(2)12-9-5-4-6-10(14)13(9)16-11(12)7-15-3/h4-6,8,15H,7H2,1-3H3. The minimum absolute atomic E-state index is 0.290. The Bertz CT molecular complexity index is 502. The Morgan fingerprint density at radius 3 is 2.75 bits per heavy atom. The molecule has 0 aliphatic rings. The fraction of sp³-hybridized carbons (Fsp3) is 0.385. The molecular formula is C13H16FNO. The highest BCUT2D eigenvalue weighted by molar-refractivity contribution is 5.83. The van der Waals surface area contributed by atoms with Crippen molar-refractivity contribution in [3.05, 3.63) is 35.3 Å². The van der Waals surface area contributed by atoms with Gasteiger partial charge in [0.2, 0.25) is 0 Å². The maximum absolute atomic E-state index is 13.6. The fourth-order valence-corrected chi connectivity index (χ4v) is 2.08. The van der Waals surface area contributed by atoms with Crippen molar-refractivity contribution in [2.24, 2.45) is 0 Å². The molecule has 2 nitrogen and oxygen atoms in total. The van der Waals surface area contributed by atoms with Crippen LogP contribution in [0, 0.1) is 5.82 Å². The number of nitrogens with one attached hydrogen (secondary N) is 1. The smallest absolute Gasteiger partial charge is 0.170 e. The Morgan fingerprint density at radius 2 is 2.12 bits per heavy atom. The van der Waals surface area contributed by atoms with Crippen molar-refractivity contribution in [1.29, 1.82) is 0 Å². The molecule has 0 spiro atoms. The Balaban J connectivity index is 2.70. The topological polar surface area (TPSA) is 25.2 Å². The molecule has 0 radical (unpaired) electrons. The molecule has 0 saturated carbocycles. The van der Waals surface area contributed by atoms with Gasteiger partial charge in [0.05, 0.1) is 6.54 Å². The molecule has 0 aliphatic heterocycles. The summed E-state index contributed by atoms with van der Waals surface area (Å²) in [4.78, 5) is 0. The molecule has 3 heteroatoms. The molecule has 2 rings (SSSR count). The Morgan fingerprint density at radius 1 is 1.38 bits per heavy atom. The molecule has 0 fully saturated rings. The lowest BCUT2D eigenvalue weighted by Gasteiger charge is -2.05. The van der Waals surface area contributed by atoms with Gasteiger partial charge in [-0.1, -0.05) is 26.0 Å². The Kier molecular flexibility index (Phi) is 2.97. The van der Waals surface area contributed by atoms with Crippen molar-refractivity contribution < 1.29 is 8.81 Å². The number of rotatable bonds is 3. The number of fused-ring (bicyclic) bond motifs is 1. The quantitative estimate of drug-likeness (QED) is 0.859. The Hall–Kier alpha value is -1.35. The van der Waals surface area contributed by atoms with Gasteiger partial charge in [-0.25, -0.2) is 4.39 Å². The predicted octanol–water partition coefficient (Wildman–Crippen LogP) is 3.41. The summed E-state index contributed by atoms with van der Waals surface area (Å²) in [6, 6.07) is 5.07. The number of benzene rings is 1. The van der Waals surface area contributed by atoms with Crippen LogP contribution in [0.15, 0.2) is 22.6 Å². The van der Waals surface area contributed by atoms with Crippen molar-refractivity contribution in [2.75, 3.05) is 7.05 Å². The minimum Gasteiger partial charge on any atom is -0.456 e. The van der Waals surface area contributed by atoms with Crippen LogP contribution in [0.3, 0.4) is 0 Å². The van der Waals surface area contributed by atoms with E-state index in [-0.39, 0.29) is 5.82 Å². The van der Waals surface area contributed by atoms with Crippen molar-refractivity contribution in [3.63, 3.8) is 0 Å². The van der Waals surface area contributed by atoms with E-state index in [1.807, 2.05) is 13.1 Å². The summed E-state index contributed by atoms with van der Waals surface area (Å²) in [7, 11) is 1.85. The molecule has 0 bridgehead atoms. The Labute approximate surface area is 94.4 Å². The summed E-state index contributed by atoms with van der Waals surface area (Å²) < 4.78 is 19.2. The van der Waals surface area contributed by atoms with Crippen molar-refractivity contribution >= 4 is 11.0 Å². The molecule has 86 valence electrons. The van der Waals surface area contributed by atoms with E-state index in [1.165, 1.54) is 6.07 Å². The molecule has 0 atom stereocenters. The highest BCUT2D eigenvalue weighted by Crippen LogP contribution is 2.32. The molecule has 1 aromatic carbocycles. The zero-order chi connectivity index (χ0) is 11.7. The molecular weight excluding hydrogens is 205 g/mol. The van der Waals surface area contributed by atoms with E-state index in [4.69, 9.17) is 4.42 Å². The normalized spacial score (nSPS) is 11.6. The zero-order valence-corrected chi connectivity index (χ0v) is 9.80. The summed E-state index contributed by atoms with van der Waals surface area (Å²) in [6.45, 7) is 4.81. The van der Waals surface area contributed by atoms with Gasteiger partial charge in [0, 0.05) is 10.9 Å². The largest absolute Gasteiger partial charge is 0.456 e. The number of furan rings is 1. The molecule has 16 heavy (non-hydrogen) atoms. The lowest BCUT2D eigenvalue weighted by molar-refractivity contribution is 0.499. The number of hydrogen-bond acceptors (Lipinski definition) is 2. The van der Waals surface area contributed by atoms with Gasteiger partial charge in [-0.2, -0.15) is 0 Å². The first-order valence-electron chi connectivity index (χ1n) is 5.49. The van der Waals surface area contributed by atoms with Crippen LogP contribution >= 0.6 is 0 Å². The highest BCUT2D eigenvalue weighted by Gasteiger charge is 2.18. The van der Waals surface area contributed by atoms with Gasteiger partial charge in [-0.15, -0.1) is 0 Å². The van der Waals surface area contributed by atoms with E-state index in [9.17, 15) is 4.39 Å². The molecule has 0 unspecified atom stereocenters. The summed E-state index contributed by atoms with van der Waals surface area (Å²) >= 11 is 0. The third-order valence-electron chi connectivity index (χ3n) is 2.70. The summed E-state index contributed by atoms with van der Waals surface area (Å²) in [5.41, 5.74) is 1.47. The van der Waals surface area contributed by atoms with Crippen LogP contribution in [0.1, 0.15) is 31.1 Å². The lowest BCUT2D eigenvalue weighted by atomic mass is 9.99. The van der Waals surface area contributed by atoms with Crippen molar-refractivity contribution in [1.82, 2.24) is 5.32 Å². The third kappa shape index (κ3) is 1.71. The van der Waals surface area contributed by atoms with E-state index in [0.29, 0.717) is 18.0 Å². The van der Waals surface area contributed by atoms with Crippen LogP contribution in [-0.4, -0.2) is 7.05 Å². The first-order chi connectivity index (χ1) is 7.65. The van der Waals surface area contributed by atoms with Gasteiger partial charge in [0.1, 0.15) is 5.76 Å². The number of halogens is 1. The van der Waals surface area contributed by atoms with Crippen LogP contribution in [0.25, 0.3) is 11.0 Å². The van der Waals surface area contributed by atoms with Crippen LogP contribution in [0.5, 0.6) is 0 Å². The molecule has 2 aromatic rings. The van der Waals surface area contributed by atoms with Crippen LogP contribution in [0.4, 0.5) is 4.39 Å². The SMILES string of the molecule is CNCc1oc2c(F)cccc2c1C(C)C. The summed E-state index contributed by atoms with van der Waals surface area (Å²) in [6.07, 6.45) is 0. The first kappa shape index (κ1) is 11.1. The molecule has 1 heterocycles. The molecule has 0 amide bonds. The molecule has 1 aromatic heterocycles. The maximum atomic E-state index is 13.6. The average Bonchev–Trinajstić information content (AvgIpc) is 2.58. The molecule has 0 saturated heterocycles. The van der Waals surface area contributed by atoms with E-state index < -0.39 is 0 Å². The third-order valence-corrected chi connectivity index (χ3v) is 2.70. The van der Waals surface area contributed by atoms with Crippen LogP contribution < -0.4 is 5.32 Å². The second-order valence-electron chi connectivity index (χ2n) is 4.24. The summed E-state index contributed by atoms with van der Waals surface area (Å²) in [5.74, 6) is 0.866. The number of para-hydroxylation sites is 1. The van der Waals surface area contributed by atoms with E-state index in [2.05, 4.69) is 19.2 Å². The summed E-state index contributed by atoms with van der Waals surface area (Å²) in [5, 5.41) is 3.93. The van der Waals surface area contributed by atoms with Gasteiger partial charge in [-0.05, 0) is 19.0 Å². The maximum Gasteiger partial charge on any atom is 0.170 e. The fourth-order valence-electron chi connectivity index (χ4n) is 2.08. The number of hydrogen-bond donors (Lipinski definition) is 1. The highest BCUT2D eigenvalue weighted by atomic mass is 19.1. The zero-order valence-electron chi connectivity index (χ0n) is 9.80. The van der Waals surface area contributed by atoms with E-state index in [1.54, 1.807) is 6.07 Å². The lowest BCUT2D eigenvalue weighted by Crippen LogP contribution is -2.06. The second kappa shape index (κ2) is 4.26. The van der Waals surface area contributed by atoms with E-state index >= 15 is 0 Å². The van der Waals surface area contributed by atoms with Gasteiger partial charge in [-0.3, -0.25) is 0 Å². The minimum atomic E-state index is -0.290. The van der Waals surface area contributed by atoms with Crippen molar-refractivity contribution in [2.45, 2.75) is 26.3 Å². The second-order valence-corrected chi connectivity index (χ2v) is 4.24. The molecule has 1 N–H and O–H groups in total. The van der Waals surface area contributed by atoms with Gasteiger partial charge >= 0.3 is 0 Å². The van der Waals surface area contributed by atoms with E-state index in [0.717, 1.165) is 16.7 Å². The van der Waals surface area contributed by atoms with Crippen LogP contribution in [-0.2, 0) is 6.54 Å². The average molecular weight is 221 g/mol. The van der Waals surface area contributed by atoms with Crippen molar-refractivity contribution in [3.8, 4) is 0 Å². The first-order valence-corrected chi connectivity index (χ1v) is 5.49. The van der Waals surface area contributed by atoms with Gasteiger partial charge in [0.25, 0.3) is 0 Å². The monoisotopic (exact) mass is 221 g/mol. The van der Waals surface area contributed by atoms with Gasteiger partial charge < -0.3 is 9.73 Å². The predicted molar refractivity (Wildman–Crippen MR) is 63.0 cm³/mol.